The predicted molar refractivity (Wildman–Crippen MR) is 91.3 cm³/mol. The molecule has 0 atom stereocenters. The van der Waals surface area contributed by atoms with Crippen LogP contribution in [0.25, 0.3) is 0 Å². The maximum absolute atomic E-state index is 10.8. The van der Waals surface area contributed by atoms with E-state index in [0.717, 1.165) is 6.04 Å². The van der Waals surface area contributed by atoms with Crippen LogP contribution in [0.3, 0.4) is 0 Å². The van der Waals surface area contributed by atoms with Gasteiger partial charge in [0.25, 0.3) is 0 Å². The van der Waals surface area contributed by atoms with Crippen molar-refractivity contribution in [2.24, 2.45) is 0 Å². The van der Waals surface area contributed by atoms with Crippen LogP contribution in [0.2, 0.25) is 51.9 Å². The third-order valence-corrected chi connectivity index (χ3v) is 12.0. The minimum Gasteiger partial charge on any atom is -0.478 e. The summed E-state index contributed by atoms with van der Waals surface area (Å²) in [5.41, 5.74) is 0.391. The van der Waals surface area contributed by atoms with Crippen LogP contribution in [0.5, 0.6) is 0 Å². The molecule has 0 spiro atoms. The average Bonchev–Trinajstić information content (AvgIpc) is 2.10. The third kappa shape index (κ3) is 9.65. The van der Waals surface area contributed by atoms with Crippen molar-refractivity contribution in [1.82, 2.24) is 0 Å². The summed E-state index contributed by atoms with van der Waals surface area (Å²) >= 11 is 0. The zero-order chi connectivity index (χ0) is 16.2. The quantitative estimate of drug-likeness (QED) is 0.534. The van der Waals surface area contributed by atoms with Crippen molar-refractivity contribution >= 4 is 31.2 Å². The summed E-state index contributed by atoms with van der Waals surface area (Å²) in [7, 11) is -5.57. The lowest BCUT2D eigenvalue weighted by Gasteiger charge is -2.38. The van der Waals surface area contributed by atoms with Crippen molar-refractivity contribution in [3.05, 3.63) is 11.6 Å². The van der Waals surface area contributed by atoms with Crippen LogP contribution in [0.1, 0.15) is 13.3 Å². The molecular weight excluding hydrogens is 304 g/mol. The standard InChI is InChI=1S/C13H30O4Si3/c1-12(13(14)15)10-9-11-20(8,16-18(2,3)4)17-19(5,6)7/h10H,9,11H2,1-8H3,(H,14,15). The number of rotatable bonds is 8. The molecule has 0 heterocycles. The van der Waals surface area contributed by atoms with Gasteiger partial charge in [-0.05, 0) is 65.2 Å². The van der Waals surface area contributed by atoms with Gasteiger partial charge in [-0.15, -0.1) is 0 Å². The van der Waals surface area contributed by atoms with Crippen molar-refractivity contribution < 1.29 is 18.1 Å². The summed E-state index contributed by atoms with van der Waals surface area (Å²) in [6, 6.07) is 0.812. The first kappa shape index (κ1) is 19.8. The number of hydrogen-bond donors (Lipinski definition) is 1. The Bertz CT molecular complexity index is 351. The molecular formula is C13H30O4Si3. The van der Waals surface area contributed by atoms with Gasteiger partial charge < -0.3 is 13.3 Å². The van der Waals surface area contributed by atoms with E-state index >= 15 is 0 Å². The van der Waals surface area contributed by atoms with E-state index in [1.165, 1.54) is 0 Å². The summed E-state index contributed by atoms with van der Waals surface area (Å²) < 4.78 is 12.7. The normalized spacial score (nSPS) is 14.5. The zero-order valence-electron chi connectivity index (χ0n) is 14.2. The van der Waals surface area contributed by atoms with Crippen LogP contribution in [-0.4, -0.2) is 36.3 Å². The fourth-order valence-corrected chi connectivity index (χ4v) is 14.4. The molecule has 0 bridgehead atoms. The highest BCUT2D eigenvalue weighted by molar-refractivity contribution is 6.87. The molecule has 0 aliphatic heterocycles. The van der Waals surface area contributed by atoms with Crippen LogP contribution in [-0.2, 0) is 13.0 Å². The summed E-state index contributed by atoms with van der Waals surface area (Å²) in [6.45, 7) is 16.8. The first-order valence-corrected chi connectivity index (χ1v) is 16.4. The Morgan fingerprint density at radius 2 is 1.40 bits per heavy atom. The van der Waals surface area contributed by atoms with Gasteiger partial charge >= 0.3 is 14.5 Å². The SMILES string of the molecule is CC(=CCC[Si](C)(O[Si](C)(C)C)O[Si](C)(C)C)C(=O)O. The molecule has 7 heteroatoms. The fraction of sp³-hybridized carbons (Fsp3) is 0.769. The first-order valence-electron chi connectivity index (χ1n) is 7.04. The second-order valence-electron chi connectivity index (χ2n) is 7.29. The summed E-state index contributed by atoms with van der Waals surface area (Å²) in [5.74, 6) is -0.856. The van der Waals surface area contributed by atoms with Crippen LogP contribution in [0.4, 0.5) is 0 Å². The van der Waals surface area contributed by atoms with Crippen molar-refractivity contribution in [3.8, 4) is 0 Å². The number of carboxylic acids is 1. The van der Waals surface area contributed by atoms with E-state index in [9.17, 15) is 4.79 Å². The highest BCUT2D eigenvalue weighted by Crippen LogP contribution is 2.25. The highest BCUT2D eigenvalue weighted by atomic mass is 28.5. The molecule has 0 radical (unpaired) electrons. The molecule has 1 N–H and O–H groups in total. The molecule has 0 fully saturated rings. The van der Waals surface area contributed by atoms with Crippen LogP contribution >= 0.6 is 0 Å². The van der Waals surface area contributed by atoms with Gasteiger partial charge in [0.2, 0.25) is 0 Å². The second-order valence-corrected chi connectivity index (χ2v) is 20.1. The molecule has 20 heavy (non-hydrogen) atoms. The number of carbonyl (C=O) groups is 1. The largest absolute Gasteiger partial charge is 0.478 e. The maximum Gasteiger partial charge on any atom is 0.330 e. The molecule has 0 aliphatic carbocycles. The predicted octanol–water partition coefficient (Wildman–Crippen LogP) is 4.18. The fourth-order valence-electron chi connectivity index (χ4n) is 2.06. The van der Waals surface area contributed by atoms with Crippen LogP contribution in [0.15, 0.2) is 11.6 Å². The molecule has 0 saturated heterocycles. The summed E-state index contributed by atoms with van der Waals surface area (Å²) in [5, 5.41) is 8.88. The minimum absolute atomic E-state index is 0.391. The molecule has 0 rings (SSSR count). The van der Waals surface area contributed by atoms with Gasteiger partial charge in [0.05, 0.1) is 0 Å². The minimum atomic E-state index is -2.24. The molecule has 118 valence electrons. The molecule has 4 nitrogen and oxygen atoms in total. The van der Waals surface area contributed by atoms with E-state index in [2.05, 4.69) is 45.8 Å². The molecule has 0 saturated carbocycles. The van der Waals surface area contributed by atoms with Crippen molar-refractivity contribution in [1.29, 1.82) is 0 Å². The Balaban J connectivity index is 4.87. The average molecular weight is 335 g/mol. The number of allylic oxidation sites excluding steroid dienone is 1. The Labute approximate surface area is 126 Å². The molecule has 0 aromatic heterocycles. The highest BCUT2D eigenvalue weighted by Gasteiger charge is 2.39. The van der Waals surface area contributed by atoms with Crippen molar-refractivity contribution in [2.75, 3.05) is 0 Å². The van der Waals surface area contributed by atoms with Gasteiger partial charge in [-0.3, -0.25) is 0 Å². The van der Waals surface area contributed by atoms with Crippen LogP contribution in [0, 0.1) is 0 Å². The monoisotopic (exact) mass is 334 g/mol. The van der Waals surface area contributed by atoms with Gasteiger partial charge in [0.1, 0.15) is 0 Å². The number of aliphatic carboxylic acids is 1. The van der Waals surface area contributed by atoms with E-state index in [-0.39, 0.29) is 0 Å². The van der Waals surface area contributed by atoms with Gasteiger partial charge in [-0.25, -0.2) is 4.79 Å². The Morgan fingerprint density at radius 3 is 1.70 bits per heavy atom. The summed E-state index contributed by atoms with van der Waals surface area (Å²) in [4.78, 5) is 10.8. The third-order valence-electron chi connectivity index (χ3n) is 2.43. The lowest BCUT2D eigenvalue weighted by Crippen LogP contribution is -2.52. The summed E-state index contributed by atoms with van der Waals surface area (Å²) in [6.07, 6.45) is 2.48. The van der Waals surface area contributed by atoms with Gasteiger partial charge in [-0.1, -0.05) is 6.08 Å². The Hall–Kier alpha value is -0.219. The number of carboxylic acid groups (broad SMARTS) is 1. The van der Waals surface area contributed by atoms with E-state index in [4.69, 9.17) is 13.3 Å². The van der Waals surface area contributed by atoms with Crippen molar-refractivity contribution in [2.45, 2.75) is 65.2 Å². The molecule has 0 aromatic rings. The van der Waals surface area contributed by atoms with E-state index < -0.39 is 31.2 Å². The van der Waals surface area contributed by atoms with E-state index in [1.807, 2.05) is 0 Å². The molecule has 0 aromatic carbocycles. The Morgan fingerprint density at radius 1 is 1.00 bits per heavy atom. The Kier molecular flexibility index (Phi) is 7.09. The first-order chi connectivity index (χ1) is 8.74. The van der Waals surface area contributed by atoms with Gasteiger partial charge in [0, 0.05) is 5.57 Å². The maximum atomic E-state index is 10.8. The molecule has 0 aliphatic rings. The van der Waals surface area contributed by atoms with Gasteiger partial charge in [0.15, 0.2) is 16.6 Å². The molecule has 0 unspecified atom stereocenters. The lowest BCUT2D eigenvalue weighted by atomic mass is 10.2. The van der Waals surface area contributed by atoms with Crippen LogP contribution < -0.4 is 0 Å². The van der Waals surface area contributed by atoms with E-state index in [1.54, 1.807) is 13.0 Å². The second kappa shape index (κ2) is 7.17. The van der Waals surface area contributed by atoms with E-state index in [0.29, 0.717) is 12.0 Å². The topological polar surface area (TPSA) is 55.8 Å². The van der Waals surface area contributed by atoms with Gasteiger partial charge in [-0.2, -0.15) is 0 Å². The van der Waals surface area contributed by atoms with Crippen molar-refractivity contribution in [3.63, 3.8) is 0 Å². The molecule has 0 amide bonds. The number of hydrogen-bond acceptors (Lipinski definition) is 3. The lowest BCUT2D eigenvalue weighted by molar-refractivity contribution is -0.132. The zero-order valence-corrected chi connectivity index (χ0v) is 17.2. The smallest absolute Gasteiger partial charge is 0.330 e.